The van der Waals surface area contributed by atoms with Crippen LogP contribution in [0.15, 0.2) is 24.3 Å². The number of benzene rings is 1. The fourth-order valence-electron chi connectivity index (χ4n) is 1.66. The van der Waals surface area contributed by atoms with Crippen molar-refractivity contribution in [1.29, 1.82) is 0 Å². The Kier molecular flexibility index (Phi) is 6.59. The molecule has 0 aliphatic rings. The first-order valence-electron chi connectivity index (χ1n) is 6.09. The van der Waals surface area contributed by atoms with Crippen LogP contribution in [0.25, 0.3) is 0 Å². The molecule has 114 valence electrons. The van der Waals surface area contributed by atoms with E-state index in [0.717, 1.165) is 5.56 Å². The molecule has 1 rings (SSSR count). The van der Waals surface area contributed by atoms with Gasteiger partial charge in [-0.2, -0.15) is 0 Å². The van der Waals surface area contributed by atoms with Crippen LogP contribution in [0, 0.1) is 0 Å². The molecule has 1 aromatic carbocycles. The van der Waals surface area contributed by atoms with Gasteiger partial charge in [0.15, 0.2) is 0 Å². The fourth-order valence-corrected chi connectivity index (χ4v) is 3.89. The molecule has 1 unspecified atom stereocenters. The molecule has 1 aromatic rings. The second-order valence-corrected chi connectivity index (χ2v) is 8.28. The van der Waals surface area contributed by atoms with Crippen molar-refractivity contribution in [2.24, 2.45) is 0 Å². The maximum absolute atomic E-state index is 12.0. The third-order valence-electron chi connectivity index (χ3n) is 2.67. The van der Waals surface area contributed by atoms with Crippen molar-refractivity contribution in [3.63, 3.8) is 0 Å². The van der Waals surface area contributed by atoms with Crippen molar-refractivity contribution < 1.29 is 27.6 Å². The molecule has 0 spiro atoms. The molecule has 0 heterocycles. The van der Waals surface area contributed by atoms with Crippen molar-refractivity contribution in [2.45, 2.75) is 19.2 Å². The first-order valence-corrected chi connectivity index (χ1v) is 9.58. The maximum atomic E-state index is 12.0. The van der Waals surface area contributed by atoms with Crippen LogP contribution >= 0.6 is 15.2 Å². The fraction of sp³-hybridized carbons (Fsp3) is 0.500. The van der Waals surface area contributed by atoms with Gasteiger partial charge in [0.1, 0.15) is 0 Å². The first-order chi connectivity index (χ1) is 9.34. The zero-order valence-corrected chi connectivity index (χ0v) is 13.6. The van der Waals surface area contributed by atoms with E-state index >= 15 is 0 Å². The lowest BCUT2D eigenvalue weighted by Crippen LogP contribution is -1.96. The van der Waals surface area contributed by atoms with E-state index in [0.29, 0.717) is 5.56 Å². The Hall–Kier alpha value is -0.480. The normalized spacial score (nSPS) is 15.0. The van der Waals surface area contributed by atoms with Crippen LogP contribution < -0.4 is 0 Å². The van der Waals surface area contributed by atoms with Crippen LogP contribution in [0.1, 0.15) is 18.1 Å². The second kappa shape index (κ2) is 7.51. The molecular formula is C12H20O6P2. The van der Waals surface area contributed by atoms with E-state index in [2.05, 4.69) is 0 Å². The summed E-state index contributed by atoms with van der Waals surface area (Å²) in [6.45, 7) is 1.86. The summed E-state index contributed by atoms with van der Waals surface area (Å²) in [7, 11) is -4.01. The molecule has 0 aliphatic carbocycles. The van der Waals surface area contributed by atoms with Gasteiger partial charge in [-0.3, -0.25) is 9.13 Å². The maximum Gasteiger partial charge on any atom is 0.334 e. The molecular weight excluding hydrogens is 302 g/mol. The van der Waals surface area contributed by atoms with Crippen LogP contribution in [0.5, 0.6) is 0 Å². The zero-order valence-electron chi connectivity index (χ0n) is 11.8. The van der Waals surface area contributed by atoms with Gasteiger partial charge in [-0.25, -0.2) is 0 Å². The highest BCUT2D eigenvalue weighted by atomic mass is 31.2. The summed E-state index contributed by atoms with van der Waals surface area (Å²) in [5.41, 5.74) is 1.45. The molecule has 0 aromatic heterocycles. The van der Waals surface area contributed by atoms with Gasteiger partial charge in [0.05, 0.1) is 18.9 Å². The minimum absolute atomic E-state index is 0.0483. The lowest BCUT2D eigenvalue weighted by Gasteiger charge is -2.14. The summed E-state index contributed by atoms with van der Waals surface area (Å²) in [4.78, 5) is 9.55. The molecule has 20 heavy (non-hydrogen) atoms. The number of hydrogen-bond acceptors (Lipinski definition) is 5. The van der Waals surface area contributed by atoms with Crippen molar-refractivity contribution in [2.75, 3.05) is 20.8 Å². The van der Waals surface area contributed by atoms with Gasteiger partial charge in [-0.05, 0) is 18.1 Å². The van der Waals surface area contributed by atoms with Crippen LogP contribution in [0.2, 0.25) is 0 Å². The monoisotopic (exact) mass is 322 g/mol. The van der Waals surface area contributed by atoms with E-state index in [-0.39, 0.29) is 18.9 Å². The molecule has 1 N–H and O–H groups in total. The predicted molar refractivity (Wildman–Crippen MR) is 76.9 cm³/mol. The Balaban J connectivity index is 2.75. The van der Waals surface area contributed by atoms with Crippen LogP contribution in [0.4, 0.5) is 0 Å². The Labute approximate surface area is 119 Å². The van der Waals surface area contributed by atoms with Gasteiger partial charge in [-0.15, -0.1) is 0 Å². The molecule has 0 aliphatic heterocycles. The van der Waals surface area contributed by atoms with Gasteiger partial charge in [-0.1, -0.05) is 24.3 Å². The SMILES string of the molecule is CCOP(=O)(O)Cc1ccc(CP(=O)(OC)OC)cc1. The Morgan fingerprint density at radius 3 is 1.85 bits per heavy atom. The smallest absolute Gasteiger partial charge is 0.324 e. The minimum Gasteiger partial charge on any atom is -0.324 e. The molecule has 0 saturated heterocycles. The lowest BCUT2D eigenvalue weighted by molar-refractivity contribution is 0.272. The van der Waals surface area contributed by atoms with Gasteiger partial charge >= 0.3 is 15.2 Å². The van der Waals surface area contributed by atoms with E-state index in [9.17, 15) is 14.0 Å². The van der Waals surface area contributed by atoms with E-state index < -0.39 is 15.2 Å². The van der Waals surface area contributed by atoms with Crippen LogP contribution in [-0.4, -0.2) is 25.7 Å². The topological polar surface area (TPSA) is 82.1 Å². The average molecular weight is 322 g/mol. The second-order valence-electron chi connectivity index (χ2n) is 4.16. The molecule has 0 fully saturated rings. The van der Waals surface area contributed by atoms with E-state index in [1.54, 1.807) is 31.2 Å². The van der Waals surface area contributed by atoms with Crippen molar-refractivity contribution >= 4 is 15.2 Å². The molecule has 0 saturated carbocycles. The summed E-state index contributed by atoms with van der Waals surface area (Å²) in [5.74, 6) is 0. The Morgan fingerprint density at radius 1 is 1.00 bits per heavy atom. The van der Waals surface area contributed by atoms with Crippen LogP contribution in [0.3, 0.4) is 0 Å². The van der Waals surface area contributed by atoms with E-state index in [4.69, 9.17) is 13.6 Å². The van der Waals surface area contributed by atoms with Crippen molar-refractivity contribution in [1.82, 2.24) is 0 Å². The van der Waals surface area contributed by atoms with Crippen molar-refractivity contribution in [3.8, 4) is 0 Å². The van der Waals surface area contributed by atoms with Crippen molar-refractivity contribution in [3.05, 3.63) is 35.4 Å². The zero-order chi connectivity index (χ0) is 15.2. The largest absolute Gasteiger partial charge is 0.334 e. The Bertz CT molecular complexity index is 505. The van der Waals surface area contributed by atoms with Gasteiger partial charge in [0.25, 0.3) is 0 Å². The van der Waals surface area contributed by atoms with Crippen LogP contribution in [-0.2, 0) is 35.0 Å². The summed E-state index contributed by atoms with van der Waals surface area (Å²) < 4.78 is 38.1. The Morgan fingerprint density at radius 2 is 1.45 bits per heavy atom. The molecule has 0 amide bonds. The van der Waals surface area contributed by atoms with Gasteiger partial charge < -0.3 is 18.5 Å². The molecule has 6 nitrogen and oxygen atoms in total. The lowest BCUT2D eigenvalue weighted by atomic mass is 10.2. The summed E-state index contributed by atoms with van der Waals surface area (Å²) in [6, 6.07) is 6.86. The average Bonchev–Trinajstić information content (AvgIpc) is 2.40. The summed E-state index contributed by atoms with van der Waals surface area (Å²) >= 11 is 0. The third kappa shape index (κ3) is 5.49. The highest BCUT2D eigenvalue weighted by Crippen LogP contribution is 2.50. The summed E-state index contributed by atoms with van der Waals surface area (Å²) in [5, 5.41) is 0. The molecule has 8 heteroatoms. The number of rotatable bonds is 8. The quantitative estimate of drug-likeness (QED) is 0.739. The third-order valence-corrected chi connectivity index (χ3v) is 5.96. The predicted octanol–water partition coefficient (Wildman–Crippen LogP) is 3.39. The molecule has 1 atom stereocenters. The van der Waals surface area contributed by atoms with E-state index in [1.165, 1.54) is 14.2 Å². The standard InChI is InChI=1S/C12H20O6P2/c1-4-18-19(13,14)9-11-5-7-12(8-6-11)10-20(15,16-2)17-3/h5-8H,4,9-10H2,1-3H3,(H,13,14). The first kappa shape index (κ1) is 17.6. The molecule has 0 bridgehead atoms. The summed E-state index contributed by atoms with van der Waals surface area (Å²) in [6.07, 6.45) is 0.107. The highest BCUT2D eigenvalue weighted by Gasteiger charge is 2.22. The highest BCUT2D eigenvalue weighted by molar-refractivity contribution is 7.53. The molecule has 0 radical (unpaired) electrons. The number of hydrogen-bond donors (Lipinski definition) is 1. The minimum atomic E-state index is -3.59. The van der Waals surface area contributed by atoms with Gasteiger partial charge in [0, 0.05) is 14.2 Å². The van der Waals surface area contributed by atoms with Gasteiger partial charge in [0.2, 0.25) is 0 Å². The van der Waals surface area contributed by atoms with E-state index in [1.807, 2.05) is 0 Å².